The number of hydrogen-bond acceptors (Lipinski definition) is 5. The van der Waals surface area contributed by atoms with Gasteiger partial charge in [-0.25, -0.2) is 4.98 Å². The lowest BCUT2D eigenvalue weighted by atomic mass is 10.1. The van der Waals surface area contributed by atoms with Crippen LogP contribution in [0.15, 0.2) is 60.7 Å². The third-order valence-corrected chi connectivity index (χ3v) is 5.24. The van der Waals surface area contributed by atoms with Gasteiger partial charge in [0.1, 0.15) is 5.82 Å². The van der Waals surface area contributed by atoms with Gasteiger partial charge < -0.3 is 15.1 Å². The van der Waals surface area contributed by atoms with Crippen molar-refractivity contribution >= 4 is 29.1 Å². The van der Waals surface area contributed by atoms with Crippen molar-refractivity contribution in [1.29, 1.82) is 0 Å². The molecule has 0 radical (unpaired) electrons. The smallest absolute Gasteiger partial charge is 0.229 e. The molecule has 3 aromatic rings. The van der Waals surface area contributed by atoms with Gasteiger partial charge in [0, 0.05) is 48.5 Å². The molecular formula is C22H24ClN5. The van der Waals surface area contributed by atoms with Crippen LogP contribution in [0.2, 0.25) is 5.02 Å². The molecule has 144 valence electrons. The van der Waals surface area contributed by atoms with Gasteiger partial charge in [0.25, 0.3) is 0 Å². The number of likely N-dealkylation sites (N-methyl/N-ethyl adjacent to an activating group) is 1. The highest BCUT2D eigenvalue weighted by molar-refractivity contribution is 6.30. The van der Waals surface area contributed by atoms with Crippen molar-refractivity contribution < 1.29 is 0 Å². The first kappa shape index (κ1) is 18.7. The van der Waals surface area contributed by atoms with Crippen molar-refractivity contribution in [3.63, 3.8) is 0 Å². The van der Waals surface area contributed by atoms with Gasteiger partial charge in [0.05, 0.1) is 5.69 Å². The fourth-order valence-corrected chi connectivity index (χ4v) is 3.59. The number of nitrogens with zero attached hydrogens (tertiary/aromatic N) is 4. The summed E-state index contributed by atoms with van der Waals surface area (Å²) < 4.78 is 0. The molecule has 1 fully saturated rings. The summed E-state index contributed by atoms with van der Waals surface area (Å²) in [4.78, 5) is 14.3. The van der Waals surface area contributed by atoms with E-state index < -0.39 is 0 Å². The van der Waals surface area contributed by atoms with E-state index in [-0.39, 0.29) is 0 Å². The summed E-state index contributed by atoms with van der Waals surface area (Å²) in [5.74, 6) is 1.53. The molecule has 0 amide bonds. The third-order valence-electron chi connectivity index (χ3n) is 5.01. The molecule has 28 heavy (non-hydrogen) atoms. The van der Waals surface area contributed by atoms with E-state index in [2.05, 4.69) is 40.2 Å². The maximum absolute atomic E-state index is 6.12. The normalized spacial score (nSPS) is 14.9. The van der Waals surface area contributed by atoms with Crippen LogP contribution in [0.1, 0.15) is 6.92 Å². The van der Waals surface area contributed by atoms with Crippen molar-refractivity contribution in [1.82, 2.24) is 14.9 Å². The second kappa shape index (κ2) is 8.59. The van der Waals surface area contributed by atoms with E-state index in [4.69, 9.17) is 21.6 Å². The van der Waals surface area contributed by atoms with Crippen LogP contribution < -0.4 is 10.2 Å². The first-order valence-electron chi connectivity index (χ1n) is 9.65. The summed E-state index contributed by atoms with van der Waals surface area (Å²) >= 11 is 6.12. The summed E-state index contributed by atoms with van der Waals surface area (Å²) in [6, 6.07) is 19.9. The van der Waals surface area contributed by atoms with E-state index >= 15 is 0 Å². The molecule has 0 bridgehead atoms. The Balaban J connectivity index is 1.67. The molecule has 6 heteroatoms. The maximum atomic E-state index is 6.12. The number of halogens is 1. The minimum atomic E-state index is 0.580. The van der Waals surface area contributed by atoms with Gasteiger partial charge in [-0.2, -0.15) is 4.98 Å². The highest BCUT2D eigenvalue weighted by Gasteiger charge is 2.19. The highest BCUT2D eigenvalue weighted by atomic mass is 35.5. The zero-order valence-corrected chi connectivity index (χ0v) is 16.7. The summed E-state index contributed by atoms with van der Waals surface area (Å²) in [6.45, 7) is 7.34. The monoisotopic (exact) mass is 393 g/mol. The van der Waals surface area contributed by atoms with E-state index in [9.17, 15) is 0 Å². The quantitative estimate of drug-likeness (QED) is 0.681. The molecule has 0 aliphatic carbocycles. The Morgan fingerprint density at radius 1 is 0.929 bits per heavy atom. The number of hydrogen-bond donors (Lipinski definition) is 1. The summed E-state index contributed by atoms with van der Waals surface area (Å²) in [6.07, 6.45) is 0. The van der Waals surface area contributed by atoms with E-state index in [0.29, 0.717) is 11.0 Å². The van der Waals surface area contributed by atoms with Crippen LogP contribution in [-0.4, -0.2) is 47.6 Å². The lowest BCUT2D eigenvalue weighted by Crippen LogP contribution is -2.46. The second-order valence-corrected chi connectivity index (χ2v) is 7.29. The number of rotatable bonds is 5. The fraction of sp³-hybridized carbons (Fsp3) is 0.273. The molecule has 0 unspecified atom stereocenters. The molecule has 0 spiro atoms. The van der Waals surface area contributed by atoms with Crippen molar-refractivity contribution in [2.24, 2.45) is 0 Å². The van der Waals surface area contributed by atoms with Crippen molar-refractivity contribution in [2.45, 2.75) is 6.92 Å². The lowest BCUT2D eigenvalue weighted by Gasteiger charge is -2.35. The molecule has 0 saturated carbocycles. The molecule has 0 atom stereocenters. The van der Waals surface area contributed by atoms with Crippen LogP contribution in [0.3, 0.4) is 0 Å². The Hall–Kier alpha value is -2.63. The van der Waals surface area contributed by atoms with Crippen LogP contribution in [0.4, 0.5) is 17.5 Å². The van der Waals surface area contributed by atoms with Crippen LogP contribution in [0, 0.1) is 0 Å². The average molecular weight is 394 g/mol. The molecule has 1 aliphatic rings. The molecule has 4 rings (SSSR count). The Labute approximate surface area is 171 Å². The Bertz CT molecular complexity index is 923. The molecule has 5 nitrogen and oxygen atoms in total. The predicted molar refractivity (Wildman–Crippen MR) is 117 cm³/mol. The molecular weight excluding hydrogens is 370 g/mol. The third kappa shape index (κ3) is 4.43. The molecule has 2 heterocycles. The second-order valence-electron chi connectivity index (χ2n) is 6.86. The van der Waals surface area contributed by atoms with Gasteiger partial charge >= 0.3 is 0 Å². The minimum absolute atomic E-state index is 0.580. The number of benzene rings is 2. The standard InChI is InChI=1S/C22H24ClN5/c1-2-27-11-13-28(14-12-27)21-16-20(17-7-4-3-5-8-17)25-22(26-21)24-19-10-6-9-18(23)15-19/h3-10,15-16H,2,11-14H2,1H3,(H,24,25,26). The van der Waals surface area contributed by atoms with Gasteiger partial charge in [0.2, 0.25) is 5.95 Å². The highest BCUT2D eigenvalue weighted by Crippen LogP contribution is 2.26. The van der Waals surface area contributed by atoms with E-state index in [1.807, 2.05) is 42.5 Å². The van der Waals surface area contributed by atoms with Gasteiger partial charge in [-0.3, -0.25) is 0 Å². The Morgan fingerprint density at radius 2 is 1.71 bits per heavy atom. The molecule has 1 saturated heterocycles. The molecule has 1 aromatic heterocycles. The van der Waals surface area contributed by atoms with Gasteiger partial charge in [-0.05, 0) is 24.7 Å². The van der Waals surface area contributed by atoms with E-state index in [1.165, 1.54) is 0 Å². The van der Waals surface area contributed by atoms with Gasteiger partial charge in [-0.15, -0.1) is 0 Å². The largest absolute Gasteiger partial charge is 0.354 e. The SMILES string of the molecule is CCN1CCN(c2cc(-c3ccccc3)nc(Nc3cccc(Cl)c3)n2)CC1. The van der Waals surface area contributed by atoms with Crippen molar-refractivity contribution in [3.8, 4) is 11.3 Å². The number of piperazine rings is 1. The Morgan fingerprint density at radius 3 is 2.43 bits per heavy atom. The average Bonchev–Trinajstić information content (AvgIpc) is 2.74. The van der Waals surface area contributed by atoms with Crippen molar-refractivity contribution in [3.05, 3.63) is 65.7 Å². The zero-order chi connectivity index (χ0) is 19.3. The van der Waals surface area contributed by atoms with Crippen LogP contribution in [0.5, 0.6) is 0 Å². The topological polar surface area (TPSA) is 44.3 Å². The van der Waals surface area contributed by atoms with E-state index in [0.717, 1.165) is 55.5 Å². The molecule has 1 N–H and O–H groups in total. The molecule has 1 aliphatic heterocycles. The van der Waals surface area contributed by atoms with Crippen LogP contribution in [-0.2, 0) is 0 Å². The predicted octanol–water partition coefficient (Wildman–Crippen LogP) is 4.68. The Kier molecular flexibility index (Phi) is 5.74. The van der Waals surface area contributed by atoms with Crippen LogP contribution >= 0.6 is 11.6 Å². The summed E-state index contributed by atoms with van der Waals surface area (Å²) in [5, 5.41) is 3.99. The molecule has 2 aromatic carbocycles. The van der Waals surface area contributed by atoms with Gasteiger partial charge in [-0.1, -0.05) is 54.9 Å². The number of nitrogens with one attached hydrogen (secondary N) is 1. The number of anilines is 3. The summed E-state index contributed by atoms with van der Waals surface area (Å²) in [5.41, 5.74) is 2.86. The van der Waals surface area contributed by atoms with Crippen LogP contribution in [0.25, 0.3) is 11.3 Å². The van der Waals surface area contributed by atoms with Crippen molar-refractivity contribution in [2.75, 3.05) is 42.9 Å². The lowest BCUT2D eigenvalue weighted by molar-refractivity contribution is 0.270. The maximum Gasteiger partial charge on any atom is 0.229 e. The number of aromatic nitrogens is 2. The van der Waals surface area contributed by atoms with E-state index in [1.54, 1.807) is 0 Å². The first-order chi connectivity index (χ1) is 13.7. The van der Waals surface area contributed by atoms with Gasteiger partial charge in [0.15, 0.2) is 0 Å². The minimum Gasteiger partial charge on any atom is -0.354 e. The fourth-order valence-electron chi connectivity index (χ4n) is 3.40. The summed E-state index contributed by atoms with van der Waals surface area (Å²) in [7, 11) is 0. The first-order valence-corrected chi connectivity index (χ1v) is 10.0. The zero-order valence-electron chi connectivity index (χ0n) is 16.0.